The quantitative estimate of drug-likeness (QED) is 0.243. The van der Waals surface area contributed by atoms with Crippen LogP contribution in [0.5, 0.6) is 0 Å². The first kappa shape index (κ1) is 18.9. The number of rotatable bonds is 2. The molecule has 9 heteroatoms. The van der Waals surface area contributed by atoms with Crippen molar-refractivity contribution in [2.75, 3.05) is 13.2 Å². The number of hydrogen-bond acceptors (Lipinski definition) is 4. The first-order valence-electron chi connectivity index (χ1n) is 3.04. The molecule has 8 nitrogen and oxygen atoms in total. The van der Waals surface area contributed by atoms with E-state index in [9.17, 15) is 4.79 Å². The Bertz CT molecular complexity index is 174. The van der Waals surface area contributed by atoms with Crippen LogP contribution in [0.15, 0.2) is 12.7 Å². The number of phosphoric acid groups is 1. The molecule has 0 amide bonds. The minimum absolute atomic E-state index is 0.125. The molecule has 0 heterocycles. The molecular weight excluding hydrogens is 219 g/mol. The summed E-state index contributed by atoms with van der Waals surface area (Å²) < 4.78 is 8.88. The molecule has 0 saturated heterocycles. The lowest BCUT2D eigenvalue weighted by atomic mass is 10.7. The fraction of sp³-hybridized carbons (Fsp3) is 0.400. The van der Waals surface area contributed by atoms with Gasteiger partial charge >= 0.3 is 13.8 Å². The molecule has 0 rings (SSSR count). The summed E-state index contributed by atoms with van der Waals surface area (Å²) >= 11 is 0. The van der Waals surface area contributed by atoms with Crippen molar-refractivity contribution < 1.29 is 39.4 Å². The number of aliphatic hydroxyl groups excluding tert-OH is 2. The summed E-state index contributed by atoms with van der Waals surface area (Å²) in [6.07, 6.45) is 0.833. The summed E-state index contributed by atoms with van der Waals surface area (Å²) in [6.45, 7) is 2.71. The largest absolute Gasteiger partial charge is 0.478 e. The lowest BCUT2D eigenvalue weighted by molar-refractivity contribution is -0.131. The summed E-state index contributed by atoms with van der Waals surface area (Å²) in [4.78, 5) is 30.8. The Kier molecular flexibility index (Phi) is 16.5. The van der Waals surface area contributed by atoms with Gasteiger partial charge in [0.15, 0.2) is 0 Å². The van der Waals surface area contributed by atoms with Crippen LogP contribution >= 0.6 is 7.82 Å². The van der Waals surface area contributed by atoms with E-state index in [2.05, 4.69) is 6.58 Å². The minimum Gasteiger partial charge on any atom is -0.478 e. The fourth-order valence-electron chi connectivity index (χ4n) is 0. The van der Waals surface area contributed by atoms with E-state index in [-0.39, 0.29) is 13.2 Å². The molecule has 14 heavy (non-hydrogen) atoms. The lowest BCUT2D eigenvalue weighted by Gasteiger charge is -1.82. The highest BCUT2D eigenvalue weighted by molar-refractivity contribution is 7.45. The van der Waals surface area contributed by atoms with E-state index < -0.39 is 13.8 Å². The number of carboxylic acids is 1. The molecule has 0 spiro atoms. The van der Waals surface area contributed by atoms with Crippen LogP contribution in [0.3, 0.4) is 0 Å². The van der Waals surface area contributed by atoms with Crippen molar-refractivity contribution in [1.82, 2.24) is 0 Å². The molecule has 0 aromatic carbocycles. The van der Waals surface area contributed by atoms with Gasteiger partial charge in [-0.15, -0.1) is 0 Å². The van der Waals surface area contributed by atoms with Gasteiger partial charge in [0.05, 0.1) is 13.2 Å². The molecule has 0 aromatic rings. The maximum Gasteiger partial charge on any atom is 0.466 e. The second-order valence-corrected chi connectivity index (χ2v) is 2.53. The van der Waals surface area contributed by atoms with Crippen molar-refractivity contribution >= 4 is 13.8 Å². The van der Waals surface area contributed by atoms with E-state index in [1.807, 2.05) is 0 Å². The van der Waals surface area contributed by atoms with E-state index in [1.54, 1.807) is 0 Å². The Morgan fingerprint density at radius 3 is 1.36 bits per heavy atom. The van der Waals surface area contributed by atoms with E-state index in [0.717, 1.165) is 6.08 Å². The molecular formula is C5H13O8P. The van der Waals surface area contributed by atoms with Gasteiger partial charge in [-0.3, -0.25) is 0 Å². The fourth-order valence-corrected chi connectivity index (χ4v) is 0. The van der Waals surface area contributed by atoms with Gasteiger partial charge in [-0.2, -0.15) is 0 Å². The van der Waals surface area contributed by atoms with Crippen molar-refractivity contribution in [1.29, 1.82) is 0 Å². The first-order chi connectivity index (χ1) is 6.18. The van der Waals surface area contributed by atoms with Gasteiger partial charge in [-0.1, -0.05) is 6.58 Å². The van der Waals surface area contributed by atoms with Gasteiger partial charge in [0, 0.05) is 6.08 Å². The van der Waals surface area contributed by atoms with E-state index >= 15 is 0 Å². The average molecular weight is 232 g/mol. The van der Waals surface area contributed by atoms with Crippen LogP contribution in [-0.4, -0.2) is 49.2 Å². The van der Waals surface area contributed by atoms with Crippen LogP contribution in [0.1, 0.15) is 0 Å². The van der Waals surface area contributed by atoms with Gasteiger partial charge in [-0.05, 0) is 0 Å². The minimum atomic E-state index is -4.64. The highest BCUT2D eigenvalue weighted by Crippen LogP contribution is 2.25. The van der Waals surface area contributed by atoms with Crippen molar-refractivity contribution in [2.24, 2.45) is 0 Å². The number of aliphatic carboxylic acids is 1. The predicted molar refractivity (Wildman–Crippen MR) is 46.3 cm³/mol. The Labute approximate surface area is 80.0 Å². The molecule has 0 aliphatic heterocycles. The van der Waals surface area contributed by atoms with Crippen LogP contribution in [0.25, 0.3) is 0 Å². The van der Waals surface area contributed by atoms with Crippen LogP contribution < -0.4 is 0 Å². The van der Waals surface area contributed by atoms with Gasteiger partial charge in [-0.25, -0.2) is 9.36 Å². The topological polar surface area (TPSA) is 156 Å². The molecule has 0 atom stereocenters. The molecule has 0 radical (unpaired) electrons. The smallest absolute Gasteiger partial charge is 0.466 e. The number of carbonyl (C=O) groups is 1. The number of hydrogen-bond donors (Lipinski definition) is 6. The summed E-state index contributed by atoms with van der Waals surface area (Å²) in [6, 6.07) is 0. The van der Waals surface area contributed by atoms with Gasteiger partial charge in [0.2, 0.25) is 0 Å². The van der Waals surface area contributed by atoms with Crippen molar-refractivity contribution in [3.8, 4) is 0 Å². The van der Waals surface area contributed by atoms with Gasteiger partial charge < -0.3 is 30.0 Å². The molecule has 0 unspecified atom stereocenters. The summed E-state index contributed by atoms with van der Waals surface area (Å²) in [5.41, 5.74) is 0. The summed E-state index contributed by atoms with van der Waals surface area (Å²) in [7, 11) is -4.64. The van der Waals surface area contributed by atoms with Gasteiger partial charge in [0.25, 0.3) is 0 Å². The Hall–Kier alpha value is -0.760. The zero-order valence-electron chi connectivity index (χ0n) is 7.15. The van der Waals surface area contributed by atoms with Crippen LogP contribution in [-0.2, 0) is 9.36 Å². The van der Waals surface area contributed by atoms with Crippen LogP contribution in [0, 0.1) is 0 Å². The van der Waals surface area contributed by atoms with Crippen LogP contribution in [0.4, 0.5) is 0 Å². The number of aliphatic hydroxyl groups is 2. The maximum absolute atomic E-state index is 9.25. The first-order valence-corrected chi connectivity index (χ1v) is 4.60. The molecule has 0 saturated carbocycles. The van der Waals surface area contributed by atoms with Crippen LogP contribution in [0.2, 0.25) is 0 Å². The number of carboxylic acid groups (broad SMARTS) is 1. The highest BCUT2D eigenvalue weighted by Gasteiger charge is 2.00. The normalized spacial score (nSPS) is 8.64. The second kappa shape index (κ2) is 12.2. The predicted octanol–water partition coefficient (Wildman–Crippen LogP) is -1.70. The molecule has 0 aromatic heterocycles. The molecule has 0 bridgehead atoms. The van der Waals surface area contributed by atoms with E-state index in [4.69, 9.17) is 34.6 Å². The zero-order chi connectivity index (χ0) is 12.2. The third kappa shape index (κ3) is 235. The lowest BCUT2D eigenvalue weighted by Crippen LogP contribution is -1.85. The van der Waals surface area contributed by atoms with Crippen molar-refractivity contribution in [3.05, 3.63) is 12.7 Å². The Balaban J connectivity index is -0.000000131. The summed E-state index contributed by atoms with van der Waals surface area (Å²) in [5, 5.41) is 22.9. The maximum atomic E-state index is 9.25. The zero-order valence-corrected chi connectivity index (χ0v) is 8.04. The molecule has 0 fully saturated rings. The molecule has 6 N–H and O–H groups in total. The highest BCUT2D eigenvalue weighted by atomic mass is 31.2. The Morgan fingerprint density at radius 2 is 1.36 bits per heavy atom. The van der Waals surface area contributed by atoms with Gasteiger partial charge in [0.1, 0.15) is 0 Å². The van der Waals surface area contributed by atoms with Crippen molar-refractivity contribution in [3.63, 3.8) is 0 Å². The third-order valence-electron chi connectivity index (χ3n) is 0.275. The van der Waals surface area contributed by atoms with E-state index in [0.29, 0.717) is 0 Å². The molecule has 0 aliphatic carbocycles. The molecule has 86 valence electrons. The summed E-state index contributed by atoms with van der Waals surface area (Å²) in [5.74, 6) is -0.981. The third-order valence-corrected chi connectivity index (χ3v) is 0.275. The van der Waals surface area contributed by atoms with E-state index in [1.165, 1.54) is 0 Å². The SMILES string of the molecule is C=CC(=O)O.O=P(O)(O)O.OCCO. The molecule has 0 aliphatic rings. The van der Waals surface area contributed by atoms with Crippen molar-refractivity contribution in [2.45, 2.75) is 0 Å². The standard InChI is InChI=1S/C3H4O2.C2H6O2.H3O4P/c1-2-3(4)5;3-1-2-4;1-5(2,3)4/h2H,1H2,(H,4,5);3-4H,1-2H2;(H3,1,2,3,4). The second-order valence-electron chi connectivity index (χ2n) is 1.50. The monoisotopic (exact) mass is 232 g/mol. The Morgan fingerprint density at radius 1 is 1.21 bits per heavy atom. The average Bonchev–Trinajstić information content (AvgIpc) is 2.02.